The average Bonchev–Trinajstić information content (AvgIpc) is 2.97. The summed E-state index contributed by atoms with van der Waals surface area (Å²) in [7, 11) is 0. The van der Waals surface area contributed by atoms with E-state index in [9.17, 15) is 9.59 Å². The van der Waals surface area contributed by atoms with Gasteiger partial charge >= 0.3 is 6.09 Å². The minimum atomic E-state index is -0.548. The Labute approximate surface area is 255 Å². The first-order chi connectivity index (χ1) is 20.2. The molecule has 0 fully saturated rings. The van der Waals surface area contributed by atoms with Crippen LogP contribution in [0.15, 0.2) is 0 Å². The van der Waals surface area contributed by atoms with E-state index in [2.05, 4.69) is 24.5 Å². The van der Waals surface area contributed by atoms with E-state index in [1.54, 1.807) is 0 Å². The molecule has 0 spiro atoms. The number of hydrogen-bond acceptors (Lipinski definition) is 4. The third-order valence-electron chi connectivity index (χ3n) is 8.12. The van der Waals surface area contributed by atoms with Crippen LogP contribution < -0.4 is 16.4 Å². The molecular weight excluding hydrogens is 510 g/mol. The van der Waals surface area contributed by atoms with Gasteiger partial charge in [0.2, 0.25) is 5.91 Å². The van der Waals surface area contributed by atoms with Crippen molar-refractivity contribution in [2.45, 2.75) is 193 Å². The Hall–Kier alpha value is -1.30. The fourth-order valence-corrected chi connectivity index (χ4v) is 5.35. The highest BCUT2D eigenvalue weighted by Crippen LogP contribution is 2.13. The van der Waals surface area contributed by atoms with Crippen LogP contribution in [-0.2, 0) is 9.53 Å². The monoisotopic (exact) mass is 582 g/mol. The van der Waals surface area contributed by atoms with E-state index in [4.69, 9.17) is 10.5 Å². The molecule has 1 atom stereocenters. The lowest BCUT2D eigenvalue weighted by Gasteiger charge is -2.18. The average molecular weight is 582 g/mol. The summed E-state index contributed by atoms with van der Waals surface area (Å²) in [6.45, 7) is 6.20. The minimum absolute atomic E-state index is 0.105. The van der Waals surface area contributed by atoms with E-state index >= 15 is 0 Å². The first-order valence-electron chi connectivity index (χ1n) is 18.1. The summed E-state index contributed by atoms with van der Waals surface area (Å²) in [4.78, 5) is 25.1. The SMILES string of the molecule is CCCCCCCCCCCCCCCCOC(=O)NC(CCCCN)C(=O)NCCCCCCCCCCCC. The summed E-state index contributed by atoms with van der Waals surface area (Å²) < 4.78 is 5.39. The van der Waals surface area contributed by atoms with Crippen molar-refractivity contribution in [2.75, 3.05) is 19.7 Å². The fraction of sp³-hybridized carbons (Fsp3) is 0.943. The number of carbonyl (C=O) groups excluding carboxylic acids is 2. The van der Waals surface area contributed by atoms with Crippen LogP contribution in [0, 0.1) is 0 Å². The predicted molar refractivity (Wildman–Crippen MR) is 176 cm³/mol. The number of carbonyl (C=O) groups is 2. The fourth-order valence-electron chi connectivity index (χ4n) is 5.35. The van der Waals surface area contributed by atoms with Crippen LogP contribution in [0.5, 0.6) is 0 Å². The Morgan fingerprint density at radius 2 is 0.976 bits per heavy atom. The van der Waals surface area contributed by atoms with Gasteiger partial charge in [-0.1, -0.05) is 155 Å². The Balaban J connectivity index is 3.83. The third kappa shape index (κ3) is 30.0. The van der Waals surface area contributed by atoms with Crippen molar-refractivity contribution >= 4 is 12.0 Å². The third-order valence-corrected chi connectivity index (χ3v) is 8.12. The van der Waals surface area contributed by atoms with Crippen LogP contribution in [0.25, 0.3) is 0 Å². The van der Waals surface area contributed by atoms with Crippen molar-refractivity contribution in [3.05, 3.63) is 0 Å². The first kappa shape index (κ1) is 39.7. The number of alkyl carbamates (subject to hydrolysis) is 1. The molecule has 0 aromatic rings. The molecule has 0 saturated heterocycles. The quantitative estimate of drug-likeness (QED) is 0.0689. The van der Waals surface area contributed by atoms with E-state index in [0.29, 0.717) is 26.1 Å². The van der Waals surface area contributed by atoms with Crippen LogP contribution in [0.3, 0.4) is 0 Å². The normalized spacial score (nSPS) is 11.9. The molecule has 1 unspecified atom stereocenters. The van der Waals surface area contributed by atoms with E-state index in [1.807, 2.05) is 0 Å². The molecule has 0 aliphatic carbocycles. The molecule has 4 N–H and O–H groups in total. The van der Waals surface area contributed by atoms with Gasteiger partial charge in [-0.25, -0.2) is 4.79 Å². The highest BCUT2D eigenvalue weighted by Gasteiger charge is 2.20. The summed E-state index contributed by atoms with van der Waals surface area (Å²) in [5.41, 5.74) is 5.63. The lowest BCUT2D eigenvalue weighted by atomic mass is 10.0. The zero-order valence-corrected chi connectivity index (χ0v) is 27.6. The molecule has 6 nitrogen and oxygen atoms in total. The van der Waals surface area contributed by atoms with Gasteiger partial charge < -0.3 is 21.1 Å². The molecule has 0 bridgehead atoms. The molecule has 6 heteroatoms. The molecule has 0 heterocycles. The van der Waals surface area contributed by atoms with Gasteiger partial charge in [-0.2, -0.15) is 0 Å². The second kappa shape index (κ2) is 33.2. The number of unbranched alkanes of at least 4 members (excludes halogenated alkanes) is 23. The first-order valence-corrected chi connectivity index (χ1v) is 18.1. The Kier molecular flexibility index (Phi) is 32.2. The lowest BCUT2D eigenvalue weighted by molar-refractivity contribution is -0.123. The molecular formula is C35H71N3O3. The van der Waals surface area contributed by atoms with Gasteiger partial charge in [0.1, 0.15) is 6.04 Å². The van der Waals surface area contributed by atoms with Crippen LogP contribution in [0.1, 0.15) is 187 Å². The van der Waals surface area contributed by atoms with Gasteiger partial charge in [0, 0.05) is 6.54 Å². The highest BCUT2D eigenvalue weighted by molar-refractivity contribution is 5.85. The summed E-state index contributed by atoms with van der Waals surface area (Å²) in [5.74, 6) is -0.105. The van der Waals surface area contributed by atoms with E-state index in [1.165, 1.54) is 128 Å². The van der Waals surface area contributed by atoms with Gasteiger partial charge in [0.05, 0.1) is 6.61 Å². The molecule has 0 aliphatic rings. The molecule has 0 rings (SSSR count). The molecule has 0 aromatic carbocycles. The Morgan fingerprint density at radius 1 is 0.561 bits per heavy atom. The standard InChI is InChI=1S/C35H71N3O3/c1-3-5-7-9-11-13-15-16-17-18-20-22-24-28-32-41-35(40)38-33(29-25-26-30-36)34(39)37-31-27-23-21-19-14-12-10-8-6-4-2/h33H,3-32,36H2,1-2H3,(H,37,39)(H,38,40). The Morgan fingerprint density at radius 3 is 1.41 bits per heavy atom. The summed E-state index contributed by atoms with van der Waals surface area (Å²) in [6, 6.07) is -0.548. The number of ether oxygens (including phenoxy) is 1. The molecule has 41 heavy (non-hydrogen) atoms. The zero-order chi connectivity index (χ0) is 30.1. The van der Waals surface area contributed by atoms with Gasteiger partial charge in [0.15, 0.2) is 0 Å². The smallest absolute Gasteiger partial charge is 0.407 e. The molecule has 244 valence electrons. The number of nitrogens with one attached hydrogen (secondary N) is 2. The maximum absolute atomic E-state index is 12.7. The number of nitrogens with two attached hydrogens (primary N) is 1. The largest absolute Gasteiger partial charge is 0.450 e. The number of amides is 2. The molecule has 2 amide bonds. The number of hydrogen-bond donors (Lipinski definition) is 3. The van der Waals surface area contributed by atoms with E-state index in [-0.39, 0.29) is 5.91 Å². The number of rotatable bonds is 32. The van der Waals surface area contributed by atoms with Gasteiger partial charge in [-0.15, -0.1) is 0 Å². The van der Waals surface area contributed by atoms with E-state index in [0.717, 1.165) is 38.5 Å². The van der Waals surface area contributed by atoms with E-state index < -0.39 is 12.1 Å². The van der Waals surface area contributed by atoms with Gasteiger partial charge in [-0.3, -0.25) is 4.79 Å². The summed E-state index contributed by atoms with van der Waals surface area (Å²) >= 11 is 0. The van der Waals surface area contributed by atoms with Crippen LogP contribution in [-0.4, -0.2) is 37.7 Å². The van der Waals surface area contributed by atoms with Crippen LogP contribution >= 0.6 is 0 Å². The molecule has 0 aliphatic heterocycles. The zero-order valence-electron chi connectivity index (χ0n) is 27.6. The Bertz CT molecular complexity index is 559. The van der Waals surface area contributed by atoms with Gasteiger partial charge in [0.25, 0.3) is 0 Å². The lowest BCUT2D eigenvalue weighted by Crippen LogP contribution is -2.47. The predicted octanol–water partition coefficient (Wildman–Crippen LogP) is 9.73. The van der Waals surface area contributed by atoms with Crippen LogP contribution in [0.4, 0.5) is 4.79 Å². The molecule has 0 radical (unpaired) electrons. The van der Waals surface area contributed by atoms with Crippen molar-refractivity contribution in [3.8, 4) is 0 Å². The topological polar surface area (TPSA) is 93.4 Å². The summed E-state index contributed by atoms with van der Waals surface area (Å²) in [6.07, 6.45) is 32.7. The van der Waals surface area contributed by atoms with Crippen molar-refractivity contribution in [1.29, 1.82) is 0 Å². The highest BCUT2D eigenvalue weighted by atomic mass is 16.5. The minimum Gasteiger partial charge on any atom is -0.450 e. The molecule has 0 aromatic heterocycles. The maximum Gasteiger partial charge on any atom is 0.407 e. The van der Waals surface area contributed by atoms with Crippen molar-refractivity contribution in [3.63, 3.8) is 0 Å². The molecule has 0 saturated carbocycles. The summed E-state index contributed by atoms with van der Waals surface area (Å²) in [5, 5.41) is 5.82. The van der Waals surface area contributed by atoms with Crippen molar-refractivity contribution in [1.82, 2.24) is 10.6 Å². The van der Waals surface area contributed by atoms with Crippen molar-refractivity contribution < 1.29 is 14.3 Å². The second-order valence-corrected chi connectivity index (χ2v) is 12.2. The maximum atomic E-state index is 12.7. The second-order valence-electron chi connectivity index (χ2n) is 12.2. The van der Waals surface area contributed by atoms with Gasteiger partial charge in [-0.05, 0) is 38.6 Å². The van der Waals surface area contributed by atoms with Crippen molar-refractivity contribution in [2.24, 2.45) is 5.73 Å². The van der Waals surface area contributed by atoms with Crippen LogP contribution in [0.2, 0.25) is 0 Å².